The number of ether oxygens (including phenoxy) is 2. The molecule has 2 N–H and O–H groups in total. The Hall–Kier alpha value is -2.67. The maximum atomic E-state index is 13.4. The van der Waals surface area contributed by atoms with Gasteiger partial charge in [-0.25, -0.2) is 8.78 Å². The van der Waals surface area contributed by atoms with E-state index in [0.717, 1.165) is 17.4 Å². The Kier molecular flexibility index (Phi) is 8.00. The molecule has 0 fully saturated rings. The largest absolute Gasteiger partial charge is 0.496 e. The summed E-state index contributed by atoms with van der Waals surface area (Å²) >= 11 is 0. The number of guanidine groups is 1. The first-order valence-corrected chi connectivity index (χ1v) is 8.67. The topological polar surface area (TPSA) is 54.9 Å². The molecule has 27 heavy (non-hydrogen) atoms. The molecule has 146 valence electrons. The third kappa shape index (κ3) is 6.21. The molecular formula is C20H25F2N3O2. The van der Waals surface area contributed by atoms with Gasteiger partial charge in [0.1, 0.15) is 5.75 Å². The zero-order valence-corrected chi connectivity index (χ0v) is 15.8. The summed E-state index contributed by atoms with van der Waals surface area (Å²) in [5.41, 5.74) is 1.61. The lowest BCUT2D eigenvalue weighted by atomic mass is 10.1. The first-order valence-electron chi connectivity index (χ1n) is 8.67. The molecule has 5 nitrogen and oxygen atoms in total. The monoisotopic (exact) mass is 377 g/mol. The molecular weight excluding hydrogens is 352 g/mol. The minimum Gasteiger partial charge on any atom is -0.496 e. The molecule has 1 unspecified atom stereocenters. The minimum atomic E-state index is -0.867. The highest BCUT2D eigenvalue weighted by Crippen LogP contribution is 2.18. The van der Waals surface area contributed by atoms with Gasteiger partial charge < -0.3 is 20.1 Å². The molecule has 2 aromatic carbocycles. The quantitative estimate of drug-likeness (QED) is 0.421. The highest BCUT2D eigenvalue weighted by atomic mass is 19.2. The summed E-state index contributed by atoms with van der Waals surface area (Å²) in [5, 5.41) is 6.26. The van der Waals surface area contributed by atoms with E-state index in [1.165, 1.54) is 6.07 Å². The van der Waals surface area contributed by atoms with Crippen LogP contribution < -0.4 is 15.4 Å². The predicted molar refractivity (Wildman–Crippen MR) is 102 cm³/mol. The Morgan fingerprint density at radius 3 is 2.63 bits per heavy atom. The normalized spacial score (nSPS) is 12.6. The highest BCUT2D eigenvalue weighted by molar-refractivity contribution is 5.80. The Balaban J connectivity index is 1.76. The molecule has 0 saturated carbocycles. The summed E-state index contributed by atoms with van der Waals surface area (Å²) in [6.45, 7) is 3.30. The van der Waals surface area contributed by atoms with Gasteiger partial charge >= 0.3 is 0 Å². The molecule has 0 aliphatic heterocycles. The van der Waals surface area contributed by atoms with Crippen LogP contribution in [0.4, 0.5) is 8.78 Å². The molecule has 0 saturated heterocycles. The number of rotatable bonds is 8. The zero-order chi connectivity index (χ0) is 19.6. The minimum absolute atomic E-state index is 0.235. The van der Waals surface area contributed by atoms with Crippen molar-refractivity contribution in [2.75, 3.05) is 27.3 Å². The second-order valence-corrected chi connectivity index (χ2v) is 5.90. The van der Waals surface area contributed by atoms with Gasteiger partial charge in [0, 0.05) is 19.2 Å². The lowest BCUT2D eigenvalue weighted by molar-refractivity contribution is 0.123. The van der Waals surface area contributed by atoms with Crippen LogP contribution in [0.5, 0.6) is 5.75 Å². The van der Waals surface area contributed by atoms with E-state index in [9.17, 15) is 8.78 Å². The summed E-state index contributed by atoms with van der Waals surface area (Å²) in [4.78, 5) is 4.13. The van der Waals surface area contributed by atoms with E-state index in [2.05, 4.69) is 15.6 Å². The maximum Gasteiger partial charge on any atom is 0.191 e. The number of benzene rings is 2. The van der Waals surface area contributed by atoms with Crippen molar-refractivity contribution >= 4 is 5.96 Å². The van der Waals surface area contributed by atoms with Gasteiger partial charge in [-0.3, -0.25) is 4.99 Å². The van der Waals surface area contributed by atoms with E-state index < -0.39 is 11.6 Å². The van der Waals surface area contributed by atoms with Crippen molar-refractivity contribution in [3.63, 3.8) is 0 Å². The summed E-state index contributed by atoms with van der Waals surface area (Å²) < 4.78 is 37.4. The van der Waals surface area contributed by atoms with Gasteiger partial charge in [-0.1, -0.05) is 24.3 Å². The fraction of sp³-hybridized carbons (Fsp3) is 0.350. The van der Waals surface area contributed by atoms with E-state index in [4.69, 9.17) is 9.47 Å². The van der Waals surface area contributed by atoms with Crippen LogP contribution in [0, 0.1) is 11.6 Å². The Bertz CT molecular complexity index is 769. The smallest absolute Gasteiger partial charge is 0.191 e. The van der Waals surface area contributed by atoms with E-state index in [1.807, 2.05) is 31.2 Å². The first kappa shape index (κ1) is 20.6. The van der Waals surface area contributed by atoms with Gasteiger partial charge in [-0.15, -0.1) is 0 Å². The van der Waals surface area contributed by atoms with Crippen molar-refractivity contribution in [2.24, 2.45) is 4.99 Å². The van der Waals surface area contributed by atoms with Crippen LogP contribution >= 0.6 is 0 Å². The summed E-state index contributed by atoms with van der Waals surface area (Å²) in [6.07, 6.45) is 0. The molecule has 0 aliphatic carbocycles. The molecule has 0 aromatic heterocycles. The van der Waals surface area contributed by atoms with E-state index in [-0.39, 0.29) is 6.04 Å². The van der Waals surface area contributed by atoms with Gasteiger partial charge in [0.15, 0.2) is 17.6 Å². The van der Waals surface area contributed by atoms with Gasteiger partial charge in [0.05, 0.1) is 26.4 Å². The number of methoxy groups -OCH3 is 1. The zero-order valence-electron chi connectivity index (χ0n) is 15.8. The average Bonchev–Trinajstić information content (AvgIpc) is 2.69. The molecule has 2 aromatic rings. The fourth-order valence-electron chi connectivity index (χ4n) is 2.51. The molecule has 1 atom stereocenters. The second-order valence-electron chi connectivity index (χ2n) is 5.90. The van der Waals surface area contributed by atoms with Crippen molar-refractivity contribution < 1.29 is 18.3 Å². The summed E-state index contributed by atoms with van der Waals surface area (Å²) in [7, 11) is 3.27. The Morgan fingerprint density at radius 1 is 1.15 bits per heavy atom. The first-order chi connectivity index (χ1) is 13.0. The van der Waals surface area contributed by atoms with Crippen molar-refractivity contribution in [3.05, 3.63) is 65.2 Å². The predicted octanol–water partition coefficient (Wildman–Crippen LogP) is 3.42. The van der Waals surface area contributed by atoms with Crippen LogP contribution in [0.2, 0.25) is 0 Å². The third-order valence-corrected chi connectivity index (χ3v) is 4.01. The number of aliphatic imine (C=N–C) groups is 1. The van der Waals surface area contributed by atoms with Crippen molar-refractivity contribution in [1.82, 2.24) is 10.6 Å². The van der Waals surface area contributed by atoms with Crippen LogP contribution in [-0.2, 0) is 11.3 Å². The maximum absolute atomic E-state index is 13.4. The molecule has 0 amide bonds. The summed E-state index contributed by atoms with van der Waals surface area (Å²) in [5.74, 6) is -0.383. The lowest BCUT2D eigenvalue weighted by Gasteiger charge is -2.18. The van der Waals surface area contributed by atoms with Gasteiger partial charge in [-0.05, 0) is 30.7 Å². The standard InChI is InChI=1S/C20H25F2N3O2/c1-14(15-8-9-17(21)18(22)12-15)25-20(23-2)24-10-11-27-13-16-6-4-5-7-19(16)26-3/h4-9,12,14H,10-11,13H2,1-3H3,(H2,23,24,25). The lowest BCUT2D eigenvalue weighted by Crippen LogP contribution is -2.40. The molecule has 7 heteroatoms. The second kappa shape index (κ2) is 10.5. The molecule has 0 spiro atoms. The molecule has 0 heterocycles. The van der Waals surface area contributed by atoms with E-state index >= 15 is 0 Å². The van der Waals surface area contributed by atoms with E-state index in [0.29, 0.717) is 31.3 Å². The number of hydrogen-bond acceptors (Lipinski definition) is 3. The van der Waals surface area contributed by atoms with E-state index in [1.54, 1.807) is 20.2 Å². The molecule has 2 rings (SSSR count). The SMILES string of the molecule is CN=C(NCCOCc1ccccc1OC)NC(C)c1ccc(F)c(F)c1. The van der Waals surface area contributed by atoms with Crippen molar-refractivity contribution in [3.8, 4) is 5.75 Å². The number of para-hydroxylation sites is 1. The Morgan fingerprint density at radius 2 is 1.93 bits per heavy atom. The number of hydrogen-bond donors (Lipinski definition) is 2. The fourth-order valence-corrected chi connectivity index (χ4v) is 2.51. The van der Waals surface area contributed by atoms with Crippen LogP contribution in [0.1, 0.15) is 24.1 Å². The van der Waals surface area contributed by atoms with Gasteiger partial charge in [-0.2, -0.15) is 0 Å². The Labute approximate surface area is 158 Å². The summed E-state index contributed by atoms with van der Waals surface area (Å²) in [6, 6.07) is 11.3. The van der Waals surface area contributed by atoms with Crippen molar-refractivity contribution in [2.45, 2.75) is 19.6 Å². The molecule has 0 aliphatic rings. The van der Waals surface area contributed by atoms with Gasteiger partial charge in [0.2, 0.25) is 0 Å². The number of nitrogens with zero attached hydrogens (tertiary/aromatic N) is 1. The number of nitrogens with one attached hydrogen (secondary N) is 2. The highest BCUT2D eigenvalue weighted by Gasteiger charge is 2.10. The van der Waals surface area contributed by atoms with Crippen LogP contribution in [0.25, 0.3) is 0 Å². The molecule has 0 bridgehead atoms. The number of halogens is 2. The molecule has 0 radical (unpaired) electrons. The van der Waals surface area contributed by atoms with Crippen molar-refractivity contribution in [1.29, 1.82) is 0 Å². The van der Waals surface area contributed by atoms with Crippen LogP contribution in [0.15, 0.2) is 47.5 Å². The third-order valence-electron chi connectivity index (χ3n) is 4.01. The van der Waals surface area contributed by atoms with Crippen LogP contribution in [-0.4, -0.2) is 33.3 Å². The average molecular weight is 377 g/mol. The van der Waals surface area contributed by atoms with Crippen LogP contribution in [0.3, 0.4) is 0 Å². The van der Waals surface area contributed by atoms with Gasteiger partial charge in [0.25, 0.3) is 0 Å².